The summed E-state index contributed by atoms with van der Waals surface area (Å²) >= 11 is 0. The highest BCUT2D eigenvalue weighted by atomic mass is 16.5. The van der Waals surface area contributed by atoms with Crippen LogP contribution in [0.5, 0.6) is 5.75 Å². The molecule has 0 bridgehead atoms. The van der Waals surface area contributed by atoms with Crippen LogP contribution in [0.3, 0.4) is 0 Å². The monoisotopic (exact) mass is 328 g/mol. The van der Waals surface area contributed by atoms with Crippen LogP contribution < -0.4 is 20.7 Å². The van der Waals surface area contributed by atoms with E-state index < -0.39 is 12.1 Å². The number of hydrogen-bond acceptors (Lipinski definition) is 3. The summed E-state index contributed by atoms with van der Waals surface area (Å²) in [6, 6.07) is 17.8. The third-order valence-electron chi connectivity index (χ3n) is 3.44. The Morgan fingerprint density at radius 2 is 1.67 bits per heavy atom. The first-order chi connectivity index (χ1) is 11.7. The summed E-state index contributed by atoms with van der Waals surface area (Å²) in [7, 11) is 1.47. The quantitative estimate of drug-likeness (QED) is 0.658. The summed E-state index contributed by atoms with van der Waals surface area (Å²) in [5.74, 6) is 0.428. The lowest BCUT2D eigenvalue weighted by atomic mass is 10.1. The Bertz CT molecular complexity index is 647. The summed E-state index contributed by atoms with van der Waals surface area (Å²) in [4.78, 5) is 23.7. The van der Waals surface area contributed by atoms with Crippen LogP contribution in [0.25, 0.3) is 0 Å². The molecular formula is C18H22N3O3+. The van der Waals surface area contributed by atoms with Crippen LogP contribution in [0, 0.1) is 0 Å². The van der Waals surface area contributed by atoms with E-state index in [1.165, 1.54) is 7.05 Å². The molecule has 4 N–H and O–H groups in total. The lowest BCUT2D eigenvalue weighted by molar-refractivity contribution is -0.683. The van der Waals surface area contributed by atoms with E-state index in [9.17, 15) is 9.59 Å². The lowest BCUT2D eigenvalue weighted by Crippen LogP contribution is -2.88. The molecule has 0 aliphatic rings. The Balaban J connectivity index is 1.93. The Morgan fingerprint density at radius 3 is 2.29 bits per heavy atom. The first-order valence-electron chi connectivity index (χ1n) is 7.79. The maximum Gasteiger partial charge on any atom is 0.321 e. The summed E-state index contributed by atoms with van der Waals surface area (Å²) in [6.45, 7) is 1.04. The van der Waals surface area contributed by atoms with Crippen molar-refractivity contribution in [2.24, 2.45) is 0 Å². The van der Waals surface area contributed by atoms with Crippen molar-refractivity contribution in [3.05, 3.63) is 66.2 Å². The van der Waals surface area contributed by atoms with Gasteiger partial charge in [-0.15, -0.1) is 0 Å². The smallest absolute Gasteiger partial charge is 0.321 e. The maximum atomic E-state index is 12.3. The van der Waals surface area contributed by atoms with E-state index in [1.807, 2.05) is 66.0 Å². The van der Waals surface area contributed by atoms with E-state index in [0.717, 1.165) is 11.3 Å². The molecule has 0 aromatic heterocycles. The summed E-state index contributed by atoms with van der Waals surface area (Å²) < 4.78 is 5.63. The number of carbonyl (C=O) groups excluding carboxylic acids is 2. The Hall–Kier alpha value is -2.86. The van der Waals surface area contributed by atoms with Gasteiger partial charge in [0, 0.05) is 12.6 Å². The maximum absolute atomic E-state index is 12.3. The van der Waals surface area contributed by atoms with Gasteiger partial charge in [0.25, 0.3) is 5.91 Å². The molecule has 0 saturated carbocycles. The lowest BCUT2D eigenvalue weighted by Gasteiger charge is -2.15. The third-order valence-corrected chi connectivity index (χ3v) is 3.44. The topological polar surface area (TPSA) is 84.0 Å². The number of para-hydroxylation sites is 1. The van der Waals surface area contributed by atoms with Crippen LogP contribution in [0.15, 0.2) is 60.7 Å². The zero-order chi connectivity index (χ0) is 17.2. The van der Waals surface area contributed by atoms with Crippen molar-refractivity contribution in [1.29, 1.82) is 0 Å². The van der Waals surface area contributed by atoms with E-state index >= 15 is 0 Å². The predicted molar refractivity (Wildman–Crippen MR) is 90.5 cm³/mol. The van der Waals surface area contributed by atoms with Crippen LogP contribution >= 0.6 is 0 Å². The highest BCUT2D eigenvalue weighted by Gasteiger charge is 2.25. The standard InChI is InChI=1S/C18H21N3O3/c1-19-18(23)21-17(22)16(14-8-4-2-5-9-14)20-12-13-24-15-10-6-3-7-11-15/h2-11,16,20H,12-13H2,1H3,(H2,19,21,22,23)/p+1/t16-/m1/s1. The van der Waals surface area contributed by atoms with Crippen molar-refractivity contribution in [3.63, 3.8) is 0 Å². The van der Waals surface area contributed by atoms with Gasteiger partial charge in [-0.2, -0.15) is 0 Å². The number of benzene rings is 2. The van der Waals surface area contributed by atoms with Crippen molar-refractivity contribution in [2.75, 3.05) is 20.2 Å². The first-order valence-corrected chi connectivity index (χ1v) is 7.79. The van der Waals surface area contributed by atoms with E-state index in [1.54, 1.807) is 0 Å². The molecule has 0 unspecified atom stereocenters. The number of urea groups is 1. The largest absolute Gasteiger partial charge is 0.488 e. The second-order valence-corrected chi connectivity index (χ2v) is 5.14. The number of ether oxygens (including phenoxy) is 1. The van der Waals surface area contributed by atoms with Gasteiger partial charge in [0.15, 0.2) is 6.04 Å². The third kappa shape index (κ3) is 5.40. The minimum absolute atomic E-state index is 0.361. The number of rotatable bonds is 7. The average Bonchev–Trinajstić information content (AvgIpc) is 2.63. The summed E-state index contributed by atoms with van der Waals surface area (Å²) in [6.07, 6.45) is 0. The zero-order valence-electron chi connectivity index (χ0n) is 13.6. The molecule has 0 radical (unpaired) electrons. The van der Waals surface area contributed by atoms with Gasteiger partial charge < -0.3 is 15.4 Å². The molecule has 2 aromatic rings. The molecule has 0 aliphatic heterocycles. The molecule has 3 amide bonds. The number of carbonyl (C=O) groups is 2. The van der Waals surface area contributed by atoms with Gasteiger partial charge in [0.1, 0.15) is 18.9 Å². The minimum atomic E-state index is -0.519. The van der Waals surface area contributed by atoms with Crippen molar-refractivity contribution in [2.45, 2.75) is 6.04 Å². The molecule has 0 aliphatic carbocycles. The zero-order valence-corrected chi connectivity index (χ0v) is 13.6. The first kappa shape index (κ1) is 17.5. The Labute approximate surface area is 141 Å². The van der Waals surface area contributed by atoms with Gasteiger partial charge in [-0.1, -0.05) is 48.5 Å². The van der Waals surface area contributed by atoms with Gasteiger partial charge in [0.05, 0.1) is 0 Å². The molecule has 0 saturated heterocycles. The SMILES string of the molecule is CNC(=O)NC(=O)[C@H]([NH2+]CCOc1ccccc1)c1ccccc1. The van der Waals surface area contributed by atoms with Gasteiger partial charge in [-0.3, -0.25) is 10.1 Å². The number of amides is 3. The number of hydrogen-bond donors (Lipinski definition) is 3. The summed E-state index contributed by atoms with van der Waals surface area (Å²) in [5, 5.41) is 6.56. The fraction of sp³-hybridized carbons (Fsp3) is 0.222. The van der Waals surface area contributed by atoms with E-state index in [0.29, 0.717) is 13.2 Å². The van der Waals surface area contributed by atoms with Gasteiger partial charge >= 0.3 is 6.03 Å². The molecule has 6 nitrogen and oxygen atoms in total. The van der Waals surface area contributed by atoms with Crippen molar-refractivity contribution in [1.82, 2.24) is 10.6 Å². The van der Waals surface area contributed by atoms with Crippen LogP contribution in [0.2, 0.25) is 0 Å². The number of nitrogens with one attached hydrogen (secondary N) is 2. The second-order valence-electron chi connectivity index (χ2n) is 5.14. The van der Waals surface area contributed by atoms with Crippen LogP contribution in [0.4, 0.5) is 4.79 Å². The van der Waals surface area contributed by atoms with E-state index in [4.69, 9.17) is 4.74 Å². The Kier molecular flexibility index (Phi) is 6.79. The van der Waals surface area contributed by atoms with Crippen molar-refractivity contribution in [3.8, 4) is 5.75 Å². The van der Waals surface area contributed by atoms with Crippen LogP contribution in [0.1, 0.15) is 11.6 Å². The number of imide groups is 1. The highest BCUT2D eigenvalue weighted by molar-refractivity contribution is 5.96. The van der Waals surface area contributed by atoms with Crippen molar-refractivity contribution < 1.29 is 19.6 Å². The second kappa shape index (κ2) is 9.32. The van der Waals surface area contributed by atoms with Gasteiger partial charge in [-0.25, -0.2) is 4.79 Å². The van der Waals surface area contributed by atoms with E-state index in [-0.39, 0.29) is 5.91 Å². The minimum Gasteiger partial charge on any atom is -0.488 e. The molecule has 24 heavy (non-hydrogen) atoms. The van der Waals surface area contributed by atoms with Gasteiger partial charge in [-0.05, 0) is 12.1 Å². The highest BCUT2D eigenvalue weighted by Crippen LogP contribution is 2.09. The number of quaternary nitrogens is 1. The predicted octanol–water partition coefficient (Wildman–Crippen LogP) is 0.826. The summed E-state index contributed by atoms with van der Waals surface area (Å²) in [5.41, 5.74) is 0.832. The van der Waals surface area contributed by atoms with E-state index in [2.05, 4.69) is 10.6 Å². The molecular weight excluding hydrogens is 306 g/mol. The Morgan fingerprint density at radius 1 is 1.04 bits per heavy atom. The normalized spacial score (nSPS) is 11.4. The van der Waals surface area contributed by atoms with Gasteiger partial charge in [0.2, 0.25) is 0 Å². The average molecular weight is 328 g/mol. The molecule has 2 rings (SSSR count). The number of nitrogens with two attached hydrogens (primary N) is 1. The molecule has 2 aromatic carbocycles. The van der Waals surface area contributed by atoms with Crippen LogP contribution in [-0.4, -0.2) is 32.1 Å². The molecule has 0 spiro atoms. The van der Waals surface area contributed by atoms with Crippen molar-refractivity contribution >= 4 is 11.9 Å². The fourth-order valence-electron chi connectivity index (χ4n) is 2.24. The molecule has 6 heteroatoms. The fourth-order valence-corrected chi connectivity index (χ4v) is 2.24. The molecule has 126 valence electrons. The molecule has 0 fully saturated rings. The molecule has 1 atom stereocenters. The van der Waals surface area contributed by atoms with Crippen LogP contribution in [-0.2, 0) is 4.79 Å². The molecule has 0 heterocycles.